The highest BCUT2D eigenvalue weighted by atomic mass is 16.2. The topological polar surface area (TPSA) is 109 Å². The van der Waals surface area contributed by atoms with Gasteiger partial charge in [-0.3, -0.25) is 10.2 Å². The van der Waals surface area contributed by atoms with Crippen LogP contribution in [0.25, 0.3) is 0 Å². The molecule has 1 aromatic rings. The summed E-state index contributed by atoms with van der Waals surface area (Å²) in [5, 5.41) is 7.46. The number of amides is 3. The summed E-state index contributed by atoms with van der Waals surface area (Å²) in [5.74, 6) is 4.50. The first-order valence-corrected chi connectivity index (χ1v) is 5.53. The molecule has 1 aliphatic rings. The van der Waals surface area contributed by atoms with Gasteiger partial charge in [0.1, 0.15) is 0 Å². The molecule has 0 aliphatic carbocycles. The second-order valence-corrected chi connectivity index (χ2v) is 4.03. The molecule has 0 bridgehead atoms. The van der Waals surface area contributed by atoms with Crippen molar-refractivity contribution in [2.24, 2.45) is 5.84 Å². The van der Waals surface area contributed by atoms with Crippen molar-refractivity contribution in [2.75, 3.05) is 26.7 Å². The summed E-state index contributed by atoms with van der Waals surface area (Å²) >= 11 is 0. The van der Waals surface area contributed by atoms with Gasteiger partial charge in [-0.25, -0.2) is 15.3 Å². The largest absolute Gasteiger partial charge is 0.326 e. The maximum absolute atomic E-state index is 11.6. The van der Waals surface area contributed by atoms with Crippen molar-refractivity contribution < 1.29 is 9.59 Å². The second-order valence-electron chi connectivity index (χ2n) is 4.03. The number of rotatable bonds is 4. The van der Waals surface area contributed by atoms with Crippen molar-refractivity contribution >= 4 is 11.9 Å². The van der Waals surface area contributed by atoms with Gasteiger partial charge in [0, 0.05) is 26.7 Å². The summed E-state index contributed by atoms with van der Waals surface area (Å²) in [4.78, 5) is 26.2. The number of nitrogen functional groups attached to an aromatic ring is 1. The SMILES string of the molecule is CN1CCN(CCn2cc(C(=O)NN)nn2)C1=O. The predicted molar refractivity (Wildman–Crippen MR) is 61.3 cm³/mol. The average Bonchev–Trinajstić information content (AvgIpc) is 2.96. The number of nitrogens with zero attached hydrogens (tertiary/aromatic N) is 5. The Morgan fingerprint density at radius 3 is 2.89 bits per heavy atom. The molecule has 0 saturated carbocycles. The summed E-state index contributed by atoms with van der Waals surface area (Å²) in [6.45, 7) is 2.47. The van der Waals surface area contributed by atoms with E-state index in [0.717, 1.165) is 6.54 Å². The van der Waals surface area contributed by atoms with Crippen LogP contribution in [0, 0.1) is 0 Å². The van der Waals surface area contributed by atoms with Crippen molar-refractivity contribution in [3.8, 4) is 0 Å². The summed E-state index contributed by atoms with van der Waals surface area (Å²) in [6.07, 6.45) is 1.49. The maximum Gasteiger partial charge on any atom is 0.319 e. The molecular weight excluding hydrogens is 238 g/mol. The minimum absolute atomic E-state index is 0.00930. The number of urea groups is 1. The van der Waals surface area contributed by atoms with Crippen LogP contribution in [0.1, 0.15) is 10.5 Å². The van der Waals surface area contributed by atoms with Gasteiger partial charge in [0.2, 0.25) is 0 Å². The number of carbonyl (C=O) groups excluding carboxylic acids is 2. The third-order valence-electron chi connectivity index (χ3n) is 2.80. The molecule has 3 amide bonds. The molecular formula is C9H15N7O2. The second kappa shape index (κ2) is 5.00. The zero-order valence-electron chi connectivity index (χ0n) is 10.0. The van der Waals surface area contributed by atoms with E-state index in [-0.39, 0.29) is 11.7 Å². The minimum Gasteiger partial charge on any atom is -0.326 e. The standard InChI is InChI=1S/C9H15N7O2/c1-14-2-3-15(9(14)18)4-5-16-6-7(12-13-16)8(17)11-10/h6H,2-5,10H2,1H3,(H,11,17). The molecule has 3 N–H and O–H groups in total. The van der Waals surface area contributed by atoms with Gasteiger partial charge in [-0.05, 0) is 0 Å². The normalized spacial score (nSPS) is 15.3. The molecule has 0 unspecified atom stereocenters. The van der Waals surface area contributed by atoms with Crippen LogP contribution in [0.3, 0.4) is 0 Å². The van der Waals surface area contributed by atoms with E-state index in [1.54, 1.807) is 16.8 Å². The van der Waals surface area contributed by atoms with Crippen molar-refractivity contribution in [2.45, 2.75) is 6.54 Å². The molecule has 9 nitrogen and oxygen atoms in total. The molecule has 18 heavy (non-hydrogen) atoms. The van der Waals surface area contributed by atoms with E-state index in [0.29, 0.717) is 19.6 Å². The van der Waals surface area contributed by atoms with E-state index in [1.807, 2.05) is 5.43 Å². The van der Waals surface area contributed by atoms with Gasteiger partial charge in [0.25, 0.3) is 5.91 Å². The summed E-state index contributed by atoms with van der Waals surface area (Å²) in [5.41, 5.74) is 2.13. The van der Waals surface area contributed by atoms with Gasteiger partial charge >= 0.3 is 6.03 Å². The third kappa shape index (κ3) is 2.40. The Balaban J connectivity index is 1.89. The molecule has 1 aliphatic heterocycles. The van der Waals surface area contributed by atoms with Gasteiger partial charge in [0.15, 0.2) is 5.69 Å². The quantitative estimate of drug-likeness (QED) is 0.375. The molecule has 0 aromatic carbocycles. The van der Waals surface area contributed by atoms with E-state index in [9.17, 15) is 9.59 Å². The molecule has 1 aromatic heterocycles. The molecule has 1 saturated heterocycles. The molecule has 2 heterocycles. The zero-order chi connectivity index (χ0) is 13.1. The number of likely N-dealkylation sites (N-methyl/N-ethyl adjacent to an activating group) is 1. The van der Waals surface area contributed by atoms with Crippen molar-refractivity contribution in [1.82, 2.24) is 30.2 Å². The van der Waals surface area contributed by atoms with Gasteiger partial charge < -0.3 is 9.80 Å². The van der Waals surface area contributed by atoms with Gasteiger partial charge in [0.05, 0.1) is 12.7 Å². The van der Waals surface area contributed by atoms with Crippen molar-refractivity contribution in [3.63, 3.8) is 0 Å². The Bertz CT molecular complexity index is 458. The van der Waals surface area contributed by atoms with Crippen LogP contribution in [0.2, 0.25) is 0 Å². The number of hydrogen-bond donors (Lipinski definition) is 2. The minimum atomic E-state index is -0.488. The predicted octanol–water partition coefficient (Wildman–Crippen LogP) is -1.75. The fourth-order valence-electron chi connectivity index (χ4n) is 1.72. The number of hydrogen-bond acceptors (Lipinski definition) is 5. The van der Waals surface area contributed by atoms with Crippen molar-refractivity contribution in [1.29, 1.82) is 0 Å². The van der Waals surface area contributed by atoms with E-state index in [2.05, 4.69) is 10.3 Å². The Hall–Kier alpha value is -2.16. The lowest BCUT2D eigenvalue weighted by Crippen LogP contribution is -2.32. The maximum atomic E-state index is 11.6. The van der Waals surface area contributed by atoms with E-state index < -0.39 is 5.91 Å². The van der Waals surface area contributed by atoms with Crippen LogP contribution in [0.4, 0.5) is 4.79 Å². The highest BCUT2D eigenvalue weighted by Crippen LogP contribution is 2.05. The molecule has 1 fully saturated rings. The number of carbonyl (C=O) groups is 2. The highest BCUT2D eigenvalue weighted by Gasteiger charge is 2.24. The zero-order valence-corrected chi connectivity index (χ0v) is 10.0. The fourth-order valence-corrected chi connectivity index (χ4v) is 1.72. The first-order chi connectivity index (χ1) is 8.61. The van der Waals surface area contributed by atoms with Crippen LogP contribution in [0.15, 0.2) is 6.20 Å². The van der Waals surface area contributed by atoms with E-state index in [4.69, 9.17) is 5.84 Å². The summed E-state index contributed by atoms with van der Waals surface area (Å²) < 4.78 is 1.51. The molecule has 0 atom stereocenters. The fraction of sp³-hybridized carbons (Fsp3) is 0.556. The lowest BCUT2D eigenvalue weighted by Gasteiger charge is -2.15. The van der Waals surface area contributed by atoms with Crippen LogP contribution < -0.4 is 11.3 Å². The highest BCUT2D eigenvalue weighted by molar-refractivity contribution is 5.91. The Labute approximate surface area is 103 Å². The third-order valence-corrected chi connectivity index (χ3v) is 2.80. The Morgan fingerprint density at radius 2 is 2.28 bits per heavy atom. The van der Waals surface area contributed by atoms with Crippen LogP contribution in [0.5, 0.6) is 0 Å². The smallest absolute Gasteiger partial charge is 0.319 e. The van der Waals surface area contributed by atoms with Crippen molar-refractivity contribution in [3.05, 3.63) is 11.9 Å². The molecule has 2 rings (SSSR count). The monoisotopic (exact) mass is 253 g/mol. The molecule has 98 valence electrons. The molecule has 9 heteroatoms. The first-order valence-electron chi connectivity index (χ1n) is 5.53. The Kier molecular flexibility index (Phi) is 3.42. The average molecular weight is 253 g/mol. The lowest BCUT2D eigenvalue weighted by atomic mass is 10.4. The number of nitrogens with one attached hydrogen (secondary N) is 1. The first kappa shape index (κ1) is 12.3. The van der Waals surface area contributed by atoms with E-state index in [1.165, 1.54) is 10.9 Å². The summed E-state index contributed by atoms with van der Waals surface area (Å²) in [7, 11) is 1.77. The van der Waals surface area contributed by atoms with Crippen LogP contribution in [-0.4, -0.2) is 63.4 Å². The number of nitrogens with two attached hydrogens (primary N) is 1. The van der Waals surface area contributed by atoms with Gasteiger partial charge in [-0.2, -0.15) is 0 Å². The number of hydrazine groups is 1. The number of aromatic nitrogens is 3. The Morgan fingerprint density at radius 1 is 1.50 bits per heavy atom. The van der Waals surface area contributed by atoms with Crippen LogP contribution >= 0.6 is 0 Å². The van der Waals surface area contributed by atoms with Gasteiger partial charge in [-0.1, -0.05) is 5.21 Å². The van der Waals surface area contributed by atoms with Crippen LogP contribution in [-0.2, 0) is 6.54 Å². The molecule has 0 radical (unpaired) electrons. The van der Waals surface area contributed by atoms with E-state index >= 15 is 0 Å². The lowest BCUT2D eigenvalue weighted by molar-refractivity contribution is 0.0948. The summed E-state index contributed by atoms with van der Waals surface area (Å²) in [6, 6.07) is 0.00930. The van der Waals surface area contributed by atoms with Gasteiger partial charge in [-0.15, -0.1) is 5.10 Å². The molecule has 0 spiro atoms.